The zero-order valence-corrected chi connectivity index (χ0v) is 18.1. The van der Waals surface area contributed by atoms with Crippen LogP contribution in [-0.2, 0) is 14.3 Å². The number of ether oxygens (including phenoxy) is 2. The molecule has 7 heteroatoms. The molecule has 2 aromatic carbocycles. The molecule has 2 amide bonds. The third-order valence-corrected chi connectivity index (χ3v) is 5.75. The summed E-state index contributed by atoms with van der Waals surface area (Å²) in [5, 5.41) is 3.41. The number of benzene rings is 2. The number of nitrogens with one attached hydrogen (secondary N) is 1. The third kappa shape index (κ3) is 5.09. The lowest BCUT2D eigenvalue weighted by molar-refractivity contribution is -0.129. The Bertz CT molecular complexity index is 1000. The van der Waals surface area contributed by atoms with Crippen LogP contribution in [0.3, 0.4) is 0 Å². The van der Waals surface area contributed by atoms with Crippen molar-refractivity contribution in [3.63, 3.8) is 0 Å². The number of carbonyl (C=O) groups excluding carboxylic acids is 2. The topological polar surface area (TPSA) is 67.9 Å². The van der Waals surface area contributed by atoms with Gasteiger partial charge in [0.1, 0.15) is 12.4 Å². The van der Waals surface area contributed by atoms with Gasteiger partial charge in [-0.05, 0) is 48.2 Å². The fourth-order valence-electron chi connectivity index (χ4n) is 3.97. The van der Waals surface area contributed by atoms with Crippen molar-refractivity contribution in [1.82, 2.24) is 4.90 Å². The molecule has 0 radical (unpaired) electrons. The maximum absolute atomic E-state index is 13.0. The first-order valence-electron chi connectivity index (χ1n) is 10.4. The van der Waals surface area contributed by atoms with Crippen molar-refractivity contribution in [2.75, 3.05) is 18.5 Å². The van der Waals surface area contributed by atoms with E-state index in [1.165, 1.54) is 6.92 Å². The highest BCUT2D eigenvalue weighted by Crippen LogP contribution is 2.34. The smallest absolute Gasteiger partial charge is 0.226 e. The van der Waals surface area contributed by atoms with E-state index in [9.17, 15) is 9.59 Å². The lowest BCUT2D eigenvalue weighted by atomic mass is 9.93. The largest absolute Gasteiger partial charge is 0.489 e. The van der Waals surface area contributed by atoms with Crippen LogP contribution >= 0.6 is 11.6 Å². The quantitative estimate of drug-likeness (QED) is 0.700. The Labute approximate surface area is 186 Å². The van der Waals surface area contributed by atoms with E-state index in [1.54, 1.807) is 29.3 Å². The van der Waals surface area contributed by atoms with Gasteiger partial charge in [-0.3, -0.25) is 9.59 Å². The minimum absolute atomic E-state index is 0.0638. The van der Waals surface area contributed by atoms with Crippen molar-refractivity contribution in [2.45, 2.75) is 38.3 Å². The molecular formula is C24H25ClN2O4. The summed E-state index contributed by atoms with van der Waals surface area (Å²) in [6, 6.07) is 12.5. The van der Waals surface area contributed by atoms with Crippen LogP contribution in [0.1, 0.15) is 43.4 Å². The molecule has 1 saturated heterocycles. The van der Waals surface area contributed by atoms with Crippen molar-refractivity contribution < 1.29 is 19.1 Å². The second kappa shape index (κ2) is 9.54. The molecule has 1 fully saturated rings. The van der Waals surface area contributed by atoms with Crippen LogP contribution in [-0.4, -0.2) is 36.0 Å². The molecule has 6 nitrogen and oxygen atoms in total. The van der Waals surface area contributed by atoms with Gasteiger partial charge in [0, 0.05) is 24.8 Å². The first kappa shape index (κ1) is 21.4. The molecule has 2 atom stereocenters. The molecule has 31 heavy (non-hydrogen) atoms. The fraction of sp³-hybridized carbons (Fsp3) is 0.333. The van der Waals surface area contributed by atoms with Crippen molar-refractivity contribution in [2.24, 2.45) is 0 Å². The average molecular weight is 441 g/mol. The summed E-state index contributed by atoms with van der Waals surface area (Å²) in [6.45, 7) is 2.67. The van der Waals surface area contributed by atoms with E-state index in [-0.39, 0.29) is 30.4 Å². The first-order valence-corrected chi connectivity index (χ1v) is 10.8. The lowest BCUT2D eigenvalue weighted by Gasteiger charge is -2.32. The van der Waals surface area contributed by atoms with Gasteiger partial charge in [-0.1, -0.05) is 35.9 Å². The van der Waals surface area contributed by atoms with Gasteiger partial charge in [0.25, 0.3) is 0 Å². The highest BCUT2D eigenvalue weighted by molar-refractivity contribution is 6.31. The summed E-state index contributed by atoms with van der Waals surface area (Å²) < 4.78 is 11.5. The Morgan fingerprint density at radius 3 is 2.87 bits per heavy atom. The van der Waals surface area contributed by atoms with Crippen LogP contribution in [0, 0.1) is 0 Å². The summed E-state index contributed by atoms with van der Waals surface area (Å²) in [6.07, 6.45) is 5.79. The number of hydrogen-bond donors (Lipinski definition) is 1. The van der Waals surface area contributed by atoms with Gasteiger partial charge in [-0.25, -0.2) is 0 Å². The van der Waals surface area contributed by atoms with Gasteiger partial charge < -0.3 is 19.7 Å². The molecule has 2 aromatic rings. The van der Waals surface area contributed by atoms with Gasteiger partial charge in [-0.2, -0.15) is 0 Å². The zero-order valence-electron chi connectivity index (χ0n) is 17.3. The number of anilines is 1. The zero-order chi connectivity index (χ0) is 21.8. The van der Waals surface area contributed by atoms with E-state index in [0.29, 0.717) is 23.1 Å². The van der Waals surface area contributed by atoms with Gasteiger partial charge in [0.15, 0.2) is 0 Å². The molecule has 0 aromatic heterocycles. The average Bonchev–Trinajstić information content (AvgIpc) is 3.27. The van der Waals surface area contributed by atoms with Crippen LogP contribution in [0.25, 0.3) is 6.08 Å². The summed E-state index contributed by atoms with van der Waals surface area (Å²) in [4.78, 5) is 26.7. The van der Waals surface area contributed by atoms with Crippen molar-refractivity contribution in [1.29, 1.82) is 0 Å². The number of hydrogen-bond acceptors (Lipinski definition) is 4. The summed E-state index contributed by atoms with van der Waals surface area (Å²) in [5.41, 5.74) is 2.45. The van der Waals surface area contributed by atoms with Gasteiger partial charge in [-0.15, -0.1) is 0 Å². The van der Waals surface area contributed by atoms with Crippen LogP contribution in [0.2, 0.25) is 5.02 Å². The predicted octanol–water partition coefficient (Wildman–Crippen LogP) is 4.80. The van der Waals surface area contributed by atoms with Crippen molar-refractivity contribution in [3.05, 3.63) is 64.8 Å². The molecule has 4 rings (SSSR count). The number of rotatable bonds is 6. The van der Waals surface area contributed by atoms with E-state index in [4.69, 9.17) is 21.1 Å². The summed E-state index contributed by atoms with van der Waals surface area (Å²) in [7, 11) is 0. The number of carbonyl (C=O) groups is 2. The van der Waals surface area contributed by atoms with Crippen LogP contribution in [0.4, 0.5) is 5.69 Å². The molecule has 2 heterocycles. The molecular weight excluding hydrogens is 416 g/mol. The maximum Gasteiger partial charge on any atom is 0.226 e. The second-order valence-electron chi connectivity index (χ2n) is 7.73. The number of halogens is 1. The lowest BCUT2D eigenvalue weighted by Crippen LogP contribution is -2.33. The van der Waals surface area contributed by atoms with E-state index in [0.717, 1.165) is 30.6 Å². The maximum atomic E-state index is 13.0. The summed E-state index contributed by atoms with van der Waals surface area (Å²) >= 11 is 6.16. The van der Waals surface area contributed by atoms with Crippen molar-refractivity contribution in [3.8, 4) is 5.75 Å². The molecule has 2 unspecified atom stereocenters. The van der Waals surface area contributed by atoms with Crippen LogP contribution < -0.4 is 10.1 Å². The number of fused-ring (bicyclic) bond motifs is 1. The molecule has 0 spiro atoms. The molecule has 1 N–H and O–H groups in total. The van der Waals surface area contributed by atoms with Gasteiger partial charge in [0.05, 0.1) is 24.3 Å². The highest BCUT2D eigenvalue weighted by atomic mass is 35.5. The number of nitrogens with zero attached hydrogens (tertiary/aromatic N) is 1. The highest BCUT2D eigenvalue weighted by Gasteiger charge is 2.28. The van der Waals surface area contributed by atoms with Crippen molar-refractivity contribution >= 4 is 35.2 Å². The Morgan fingerprint density at radius 2 is 2.10 bits per heavy atom. The van der Waals surface area contributed by atoms with E-state index in [1.807, 2.05) is 30.3 Å². The van der Waals surface area contributed by atoms with Crippen LogP contribution in [0.5, 0.6) is 5.75 Å². The molecule has 2 aliphatic heterocycles. The molecule has 2 aliphatic rings. The van der Waals surface area contributed by atoms with E-state index >= 15 is 0 Å². The molecule has 162 valence electrons. The Balaban J connectivity index is 1.49. The minimum Gasteiger partial charge on any atom is -0.489 e. The summed E-state index contributed by atoms with van der Waals surface area (Å²) in [5.74, 6) is 0.193. The second-order valence-corrected chi connectivity index (χ2v) is 8.16. The van der Waals surface area contributed by atoms with E-state index < -0.39 is 0 Å². The minimum atomic E-state index is -0.380. The van der Waals surface area contributed by atoms with Gasteiger partial charge in [0.2, 0.25) is 11.8 Å². The molecule has 0 bridgehead atoms. The molecule has 0 saturated carbocycles. The Kier molecular flexibility index (Phi) is 6.59. The Hall–Kier alpha value is -2.83. The SMILES string of the molecule is CC(=O)N1C=Cc2ccccc2C1CC(=O)Nc1cc(Cl)ccc1OCC1CCCO1. The number of amides is 2. The standard InChI is InChI=1S/C24H25ClN2O4/c1-16(28)27-11-10-17-5-2-3-7-20(17)22(27)14-24(29)26-21-13-18(25)8-9-23(21)31-15-19-6-4-12-30-19/h2-3,5,7-11,13,19,22H,4,6,12,14-15H2,1H3,(H,26,29). The normalized spacial score (nSPS) is 19.7. The monoisotopic (exact) mass is 440 g/mol. The molecule has 0 aliphatic carbocycles. The third-order valence-electron chi connectivity index (χ3n) is 5.51. The Morgan fingerprint density at radius 1 is 1.26 bits per heavy atom. The van der Waals surface area contributed by atoms with Gasteiger partial charge >= 0.3 is 0 Å². The van der Waals surface area contributed by atoms with E-state index in [2.05, 4.69) is 5.32 Å². The van der Waals surface area contributed by atoms with Crippen LogP contribution in [0.15, 0.2) is 48.7 Å². The predicted molar refractivity (Wildman–Crippen MR) is 120 cm³/mol. The fourth-order valence-corrected chi connectivity index (χ4v) is 4.15. The first-order chi connectivity index (χ1) is 15.0.